The fourth-order valence-electron chi connectivity index (χ4n) is 1.57. The van der Waals surface area contributed by atoms with Crippen LogP contribution < -0.4 is 4.52 Å². The van der Waals surface area contributed by atoms with Crippen molar-refractivity contribution in [2.45, 2.75) is 45.7 Å². The molecule has 0 aliphatic carbocycles. The van der Waals surface area contributed by atoms with Gasteiger partial charge in [0.25, 0.3) is 0 Å². The van der Waals surface area contributed by atoms with E-state index in [1.165, 1.54) is 0 Å². The van der Waals surface area contributed by atoms with Crippen molar-refractivity contribution >= 4 is 7.82 Å². The minimum atomic E-state index is -4.43. The number of alkyl halides is 3. The average molecular weight is 354 g/mol. The summed E-state index contributed by atoms with van der Waals surface area (Å²) >= 11 is 0. The number of rotatable bonds is 10. The topological polar surface area (TPSA) is 44.8 Å². The molecule has 23 heavy (non-hydrogen) atoms. The van der Waals surface area contributed by atoms with Gasteiger partial charge in [-0.1, -0.05) is 26.7 Å². The lowest BCUT2D eigenvalue weighted by molar-refractivity contribution is -0.137. The molecule has 0 aliphatic heterocycles. The molecule has 4 nitrogen and oxygen atoms in total. The molecule has 0 N–H and O–H groups in total. The Labute approximate surface area is 134 Å². The van der Waals surface area contributed by atoms with Crippen LogP contribution in [0.4, 0.5) is 13.2 Å². The Balaban J connectivity index is 2.76. The number of hydrogen-bond acceptors (Lipinski definition) is 4. The van der Waals surface area contributed by atoms with Crippen molar-refractivity contribution in [3.8, 4) is 5.75 Å². The van der Waals surface area contributed by atoms with Crippen LogP contribution in [0.3, 0.4) is 0 Å². The third-order valence-corrected chi connectivity index (χ3v) is 4.33. The number of unbranched alkanes of at least 4 members (excludes halogenated alkanes) is 2. The summed E-state index contributed by atoms with van der Waals surface area (Å²) in [6.45, 7) is 4.28. The molecule has 0 fully saturated rings. The average Bonchev–Trinajstić information content (AvgIpc) is 2.47. The van der Waals surface area contributed by atoms with E-state index >= 15 is 0 Å². The van der Waals surface area contributed by atoms with Gasteiger partial charge >= 0.3 is 14.0 Å². The third-order valence-electron chi connectivity index (χ3n) is 2.89. The highest BCUT2D eigenvalue weighted by molar-refractivity contribution is 7.48. The monoisotopic (exact) mass is 354 g/mol. The van der Waals surface area contributed by atoms with Crippen LogP contribution in [0.2, 0.25) is 0 Å². The van der Waals surface area contributed by atoms with Crippen molar-refractivity contribution in [1.82, 2.24) is 0 Å². The van der Waals surface area contributed by atoms with Gasteiger partial charge in [-0.3, -0.25) is 9.05 Å². The Morgan fingerprint density at radius 2 is 1.43 bits per heavy atom. The Morgan fingerprint density at radius 3 is 1.83 bits per heavy atom. The lowest BCUT2D eigenvalue weighted by Gasteiger charge is -2.18. The van der Waals surface area contributed by atoms with Crippen molar-refractivity contribution in [2.24, 2.45) is 0 Å². The fraction of sp³-hybridized carbons (Fsp3) is 0.600. The van der Waals surface area contributed by atoms with Crippen LogP contribution in [0.1, 0.15) is 45.1 Å². The van der Waals surface area contributed by atoms with Gasteiger partial charge in [-0.25, -0.2) is 4.57 Å². The van der Waals surface area contributed by atoms with Crippen LogP contribution in [0.5, 0.6) is 5.75 Å². The van der Waals surface area contributed by atoms with Crippen LogP contribution in [0.25, 0.3) is 0 Å². The molecular formula is C15H22F3O4P. The molecule has 0 bridgehead atoms. The van der Waals surface area contributed by atoms with E-state index in [2.05, 4.69) is 0 Å². The Bertz CT molecular complexity index is 488. The Kier molecular flexibility index (Phi) is 8.09. The summed E-state index contributed by atoms with van der Waals surface area (Å²) in [5.41, 5.74) is -0.807. The van der Waals surface area contributed by atoms with E-state index in [-0.39, 0.29) is 19.0 Å². The Hall–Kier alpha value is -1.04. The molecule has 1 aromatic carbocycles. The highest BCUT2D eigenvalue weighted by atomic mass is 31.2. The molecule has 0 aromatic heterocycles. The van der Waals surface area contributed by atoms with Crippen LogP contribution >= 0.6 is 7.82 Å². The Morgan fingerprint density at radius 1 is 0.957 bits per heavy atom. The van der Waals surface area contributed by atoms with Gasteiger partial charge in [0.1, 0.15) is 5.75 Å². The number of benzene rings is 1. The van der Waals surface area contributed by atoms with Crippen molar-refractivity contribution in [3.05, 3.63) is 29.8 Å². The summed E-state index contributed by atoms with van der Waals surface area (Å²) < 4.78 is 65.7. The molecule has 0 saturated carbocycles. The van der Waals surface area contributed by atoms with E-state index in [0.29, 0.717) is 12.8 Å². The minimum absolute atomic E-state index is 0.00864. The first-order chi connectivity index (χ1) is 10.8. The minimum Gasteiger partial charge on any atom is -0.404 e. The molecule has 1 rings (SSSR count). The van der Waals surface area contributed by atoms with E-state index in [0.717, 1.165) is 37.1 Å². The molecule has 0 amide bonds. The predicted octanol–water partition coefficient (Wildman–Crippen LogP) is 5.83. The highest BCUT2D eigenvalue weighted by Crippen LogP contribution is 2.50. The van der Waals surface area contributed by atoms with E-state index in [1.54, 1.807) is 0 Å². The smallest absolute Gasteiger partial charge is 0.404 e. The SMILES string of the molecule is CCCCOP(=O)(OCCCC)Oc1ccc(C(F)(F)F)cc1. The quantitative estimate of drug-likeness (QED) is 0.392. The molecule has 8 heteroatoms. The van der Waals surface area contributed by atoms with Crippen LogP contribution in [0, 0.1) is 0 Å². The van der Waals surface area contributed by atoms with Crippen molar-refractivity contribution in [2.75, 3.05) is 13.2 Å². The summed E-state index contributed by atoms with van der Waals surface area (Å²) in [7, 11) is -3.84. The van der Waals surface area contributed by atoms with Crippen molar-refractivity contribution < 1.29 is 31.3 Å². The van der Waals surface area contributed by atoms with Gasteiger partial charge in [0.2, 0.25) is 0 Å². The van der Waals surface area contributed by atoms with Crippen LogP contribution in [-0.4, -0.2) is 13.2 Å². The molecule has 0 aliphatic rings. The number of hydrogen-bond donors (Lipinski definition) is 0. The molecule has 0 unspecified atom stereocenters. The molecule has 1 aromatic rings. The summed E-state index contributed by atoms with van der Waals surface area (Å²) in [4.78, 5) is 0. The second-order valence-corrected chi connectivity index (χ2v) is 6.53. The van der Waals surface area contributed by atoms with Gasteiger partial charge in [-0.15, -0.1) is 0 Å². The molecule has 0 atom stereocenters. The summed E-state index contributed by atoms with van der Waals surface area (Å²) in [6, 6.07) is 3.92. The normalized spacial score (nSPS) is 12.4. The van der Waals surface area contributed by atoms with Crippen LogP contribution in [0.15, 0.2) is 24.3 Å². The van der Waals surface area contributed by atoms with Gasteiger partial charge in [0.15, 0.2) is 0 Å². The number of halogens is 3. The van der Waals surface area contributed by atoms with Crippen molar-refractivity contribution in [3.63, 3.8) is 0 Å². The first kappa shape index (κ1) is 20.0. The molecule has 132 valence electrons. The lowest BCUT2D eigenvalue weighted by Crippen LogP contribution is -2.06. The second-order valence-electron chi connectivity index (χ2n) is 4.93. The molecule has 0 spiro atoms. The second kappa shape index (κ2) is 9.30. The van der Waals surface area contributed by atoms with Gasteiger partial charge in [0.05, 0.1) is 18.8 Å². The largest absolute Gasteiger partial charge is 0.530 e. The van der Waals surface area contributed by atoms with Gasteiger partial charge in [-0.05, 0) is 37.1 Å². The molecule has 0 radical (unpaired) electrons. The maximum absolute atomic E-state index is 12.5. The maximum atomic E-state index is 12.5. The van der Waals surface area contributed by atoms with Crippen LogP contribution in [-0.2, 0) is 19.8 Å². The van der Waals surface area contributed by atoms with E-state index in [4.69, 9.17) is 13.6 Å². The standard InChI is InChI=1S/C15H22F3O4P/c1-3-5-11-20-23(19,21-12-6-4-2)22-14-9-7-13(8-10-14)15(16,17)18/h7-10H,3-6,11-12H2,1-2H3. The van der Waals surface area contributed by atoms with Gasteiger partial charge < -0.3 is 4.52 Å². The predicted molar refractivity (Wildman–Crippen MR) is 81.4 cm³/mol. The van der Waals surface area contributed by atoms with Gasteiger partial charge in [0, 0.05) is 0 Å². The fourth-order valence-corrected chi connectivity index (χ4v) is 2.83. The van der Waals surface area contributed by atoms with E-state index < -0.39 is 19.6 Å². The summed E-state index contributed by atoms with van der Waals surface area (Å²) in [6.07, 6.45) is -1.39. The number of phosphoric acid groups is 1. The van der Waals surface area contributed by atoms with Gasteiger partial charge in [-0.2, -0.15) is 13.2 Å². The maximum Gasteiger partial charge on any atom is 0.530 e. The molecule has 0 heterocycles. The lowest BCUT2D eigenvalue weighted by atomic mass is 10.2. The molecule has 0 saturated heterocycles. The zero-order valence-electron chi connectivity index (χ0n) is 13.3. The summed E-state index contributed by atoms with van der Waals surface area (Å²) in [5.74, 6) is 0.00864. The third kappa shape index (κ3) is 7.38. The summed E-state index contributed by atoms with van der Waals surface area (Å²) in [5, 5.41) is 0. The van der Waals surface area contributed by atoms with E-state index in [1.807, 2.05) is 13.8 Å². The zero-order valence-corrected chi connectivity index (χ0v) is 14.2. The van der Waals surface area contributed by atoms with E-state index in [9.17, 15) is 17.7 Å². The first-order valence-corrected chi connectivity index (χ1v) is 9.02. The highest BCUT2D eigenvalue weighted by Gasteiger charge is 2.31. The number of phosphoric ester groups is 1. The molecular weight excluding hydrogens is 332 g/mol. The van der Waals surface area contributed by atoms with Crippen molar-refractivity contribution in [1.29, 1.82) is 0 Å². The zero-order chi connectivity index (χ0) is 17.3. The first-order valence-electron chi connectivity index (χ1n) is 7.56.